The van der Waals surface area contributed by atoms with Crippen LogP contribution in [0.1, 0.15) is 40.0 Å². The van der Waals surface area contributed by atoms with Gasteiger partial charge in [-0.3, -0.25) is 4.99 Å². The van der Waals surface area contributed by atoms with Crippen molar-refractivity contribution in [2.75, 3.05) is 40.0 Å². The van der Waals surface area contributed by atoms with Crippen LogP contribution in [0.15, 0.2) is 29.3 Å². The van der Waals surface area contributed by atoms with Crippen molar-refractivity contribution in [2.24, 2.45) is 16.8 Å². The number of aliphatic hydroxyl groups is 1. The Labute approximate surface area is 164 Å². The first-order valence-electron chi connectivity index (χ1n) is 9.98. The summed E-state index contributed by atoms with van der Waals surface area (Å²) >= 11 is 0. The van der Waals surface area contributed by atoms with Crippen LogP contribution in [-0.2, 0) is 0 Å². The van der Waals surface area contributed by atoms with E-state index in [9.17, 15) is 5.11 Å². The molecule has 0 fully saturated rings. The predicted molar refractivity (Wildman–Crippen MR) is 112 cm³/mol. The third-order valence-electron chi connectivity index (χ3n) is 4.14. The van der Waals surface area contributed by atoms with Crippen LogP contribution in [0.5, 0.6) is 11.5 Å². The highest BCUT2D eigenvalue weighted by Gasteiger charge is 2.10. The summed E-state index contributed by atoms with van der Waals surface area (Å²) in [4.78, 5) is 4.69. The Hall–Kier alpha value is -1.95. The molecular weight excluding hydrogens is 342 g/mol. The molecule has 1 unspecified atom stereocenters. The van der Waals surface area contributed by atoms with E-state index < -0.39 is 0 Å². The lowest BCUT2D eigenvalue weighted by Gasteiger charge is -2.17. The first-order chi connectivity index (χ1) is 13.1. The maximum atomic E-state index is 9.24. The number of guanidine groups is 1. The van der Waals surface area contributed by atoms with Gasteiger partial charge in [0.05, 0.1) is 13.7 Å². The number of nitrogens with zero attached hydrogens (tertiary/aromatic N) is 1. The molecular formula is C21H37N3O3. The van der Waals surface area contributed by atoms with Gasteiger partial charge in [0.1, 0.15) is 11.5 Å². The van der Waals surface area contributed by atoms with Crippen LogP contribution in [0.25, 0.3) is 0 Å². The molecule has 0 aliphatic carbocycles. The predicted octanol–water partition coefficient (Wildman–Crippen LogP) is 3.06. The van der Waals surface area contributed by atoms with Gasteiger partial charge in [-0.05, 0) is 62.3 Å². The summed E-state index contributed by atoms with van der Waals surface area (Å²) in [7, 11) is 1.65. The summed E-state index contributed by atoms with van der Waals surface area (Å²) in [5.74, 6) is 3.53. The van der Waals surface area contributed by atoms with Crippen LogP contribution in [0.3, 0.4) is 0 Å². The van der Waals surface area contributed by atoms with E-state index in [0.717, 1.165) is 56.4 Å². The number of hydrogen-bond acceptors (Lipinski definition) is 4. The maximum Gasteiger partial charge on any atom is 0.191 e. The van der Waals surface area contributed by atoms with E-state index in [4.69, 9.17) is 9.47 Å². The molecule has 1 atom stereocenters. The van der Waals surface area contributed by atoms with Crippen LogP contribution in [0, 0.1) is 11.8 Å². The highest BCUT2D eigenvalue weighted by Crippen LogP contribution is 2.17. The molecule has 0 bridgehead atoms. The molecule has 0 aliphatic rings. The van der Waals surface area contributed by atoms with Gasteiger partial charge in [-0.1, -0.05) is 13.8 Å². The van der Waals surface area contributed by atoms with Gasteiger partial charge in [0.2, 0.25) is 0 Å². The van der Waals surface area contributed by atoms with Crippen molar-refractivity contribution >= 4 is 5.96 Å². The molecule has 0 heterocycles. The maximum absolute atomic E-state index is 9.24. The molecule has 0 aromatic heterocycles. The molecule has 1 rings (SSSR count). The first kappa shape index (κ1) is 23.1. The van der Waals surface area contributed by atoms with Gasteiger partial charge in [-0.15, -0.1) is 0 Å². The summed E-state index contributed by atoms with van der Waals surface area (Å²) in [6, 6.07) is 7.61. The lowest BCUT2D eigenvalue weighted by atomic mass is 9.94. The van der Waals surface area contributed by atoms with Crippen molar-refractivity contribution in [1.82, 2.24) is 10.6 Å². The zero-order valence-electron chi connectivity index (χ0n) is 17.3. The topological polar surface area (TPSA) is 75.1 Å². The van der Waals surface area contributed by atoms with Crippen molar-refractivity contribution < 1.29 is 14.6 Å². The van der Waals surface area contributed by atoms with Gasteiger partial charge in [0.15, 0.2) is 5.96 Å². The Morgan fingerprint density at radius 3 is 2.44 bits per heavy atom. The van der Waals surface area contributed by atoms with Crippen LogP contribution in [0.2, 0.25) is 0 Å². The summed E-state index contributed by atoms with van der Waals surface area (Å²) < 4.78 is 10.9. The summed E-state index contributed by atoms with van der Waals surface area (Å²) in [6.45, 7) is 9.68. The largest absolute Gasteiger partial charge is 0.497 e. The van der Waals surface area contributed by atoms with Gasteiger partial charge in [-0.25, -0.2) is 0 Å². The monoisotopic (exact) mass is 379 g/mol. The SMILES string of the molecule is CCNC(=NCC(CCO)CC(C)C)NCCCOc1ccc(OC)cc1. The van der Waals surface area contributed by atoms with E-state index in [1.54, 1.807) is 7.11 Å². The molecule has 0 amide bonds. The number of nitrogens with one attached hydrogen (secondary N) is 2. The van der Waals surface area contributed by atoms with Crippen LogP contribution >= 0.6 is 0 Å². The lowest BCUT2D eigenvalue weighted by Crippen LogP contribution is -2.38. The molecule has 0 saturated carbocycles. The molecule has 0 radical (unpaired) electrons. The van der Waals surface area contributed by atoms with Crippen molar-refractivity contribution in [1.29, 1.82) is 0 Å². The highest BCUT2D eigenvalue weighted by molar-refractivity contribution is 5.79. The fourth-order valence-electron chi connectivity index (χ4n) is 2.84. The van der Waals surface area contributed by atoms with Crippen molar-refractivity contribution in [3.8, 4) is 11.5 Å². The second-order valence-corrected chi connectivity index (χ2v) is 7.03. The number of rotatable bonds is 13. The Bertz CT molecular complexity index is 518. The average Bonchev–Trinajstić information content (AvgIpc) is 2.65. The van der Waals surface area contributed by atoms with Crippen LogP contribution in [0.4, 0.5) is 0 Å². The molecule has 0 spiro atoms. The number of hydrogen-bond donors (Lipinski definition) is 3. The van der Waals surface area contributed by atoms with E-state index in [1.165, 1.54) is 0 Å². The lowest BCUT2D eigenvalue weighted by molar-refractivity contribution is 0.245. The standard InChI is InChI=1S/C21H37N3O3/c1-5-22-21(24-16-18(11-13-25)15-17(2)3)23-12-6-14-27-20-9-7-19(26-4)8-10-20/h7-10,17-18,25H,5-6,11-16H2,1-4H3,(H2,22,23,24). The second kappa shape index (κ2) is 14.2. The number of methoxy groups -OCH3 is 1. The fourth-order valence-corrected chi connectivity index (χ4v) is 2.84. The van der Waals surface area contributed by atoms with Gasteiger partial charge < -0.3 is 25.2 Å². The zero-order valence-corrected chi connectivity index (χ0v) is 17.3. The third kappa shape index (κ3) is 10.7. The minimum atomic E-state index is 0.222. The zero-order chi connectivity index (χ0) is 19.9. The number of aliphatic hydroxyl groups excluding tert-OH is 1. The molecule has 27 heavy (non-hydrogen) atoms. The molecule has 154 valence electrons. The highest BCUT2D eigenvalue weighted by atomic mass is 16.5. The van der Waals surface area contributed by atoms with Gasteiger partial charge in [0, 0.05) is 26.2 Å². The van der Waals surface area contributed by atoms with Crippen molar-refractivity contribution in [2.45, 2.75) is 40.0 Å². The molecule has 6 nitrogen and oxygen atoms in total. The number of ether oxygens (including phenoxy) is 2. The summed E-state index contributed by atoms with van der Waals surface area (Å²) in [5.41, 5.74) is 0. The Balaban J connectivity index is 2.35. The molecule has 1 aromatic rings. The first-order valence-corrected chi connectivity index (χ1v) is 9.98. The Morgan fingerprint density at radius 1 is 1.15 bits per heavy atom. The Kier molecular flexibility index (Phi) is 12.1. The molecule has 1 aromatic carbocycles. The third-order valence-corrected chi connectivity index (χ3v) is 4.14. The van der Waals surface area contributed by atoms with Gasteiger partial charge in [0.25, 0.3) is 0 Å². The summed E-state index contributed by atoms with van der Waals surface area (Å²) in [5, 5.41) is 15.9. The Morgan fingerprint density at radius 2 is 1.85 bits per heavy atom. The van der Waals surface area contributed by atoms with E-state index in [-0.39, 0.29) is 6.61 Å². The van der Waals surface area contributed by atoms with Crippen LogP contribution in [-0.4, -0.2) is 51.0 Å². The van der Waals surface area contributed by atoms with E-state index >= 15 is 0 Å². The van der Waals surface area contributed by atoms with Crippen molar-refractivity contribution in [3.05, 3.63) is 24.3 Å². The minimum absolute atomic E-state index is 0.222. The number of benzene rings is 1. The van der Waals surface area contributed by atoms with E-state index in [0.29, 0.717) is 18.4 Å². The normalized spacial score (nSPS) is 12.7. The molecule has 6 heteroatoms. The van der Waals surface area contributed by atoms with E-state index in [2.05, 4.69) is 36.4 Å². The second-order valence-electron chi connectivity index (χ2n) is 7.03. The van der Waals surface area contributed by atoms with Crippen LogP contribution < -0.4 is 20.1 Å². The number of aliphatic imine (C=N–C) groups is 1. The smallest absolute Gasteiger partial charge is 0.191 e. The average molecular weight is 380 g/mol. The van der Waals surface area contributed by atoms with E-state index in [1.807, 2.05) is 24.3 Å². The quantitative estimate of drug-likeness (QED) is 0.279. The van der Waals surface area contributed by atoms with Crippen molar-refractivity contribution in [3.63, 3.8) is 0 Å². The van der Waals surface area contributed by atoms with Gasteiger partial charge in [-0.2, -0.15) is 0 Å². The minimum Gasteiger partial charge on any atom is -0.497 e. The molecule has 0 aliphatic heterocycles. The molecule has 0 saturated heterocycles. The van der Waals surface area contributed by atoms with Gasteiger partial charge >= 0.3 is 0 Å². The fraction of sp³-hybridized carbons (Fsp3) is 0.667. The summed E-state index contributed by atoms with van der Waals surface area (Å²) in [6.07, 6.45) is 2.76. The molecule has 3 N–H and O–H groups in total.